The average Bonchev–Trinajstić information content (AvgIpc) is 2.31. The lowest BCUT2D eigenvalue weighted by Gasteiger charge is -2.06. The van der Waals surface area contributed by atoms with Crippen LogP contribution in [0, 0.1) is 5.82 Å². The molecule has 2 aromatic rings. The molecule has 0 bridgehead atoms. The molecule has 0 aliphatic heterocycles. The van der Waals surface area contributed by atoms with Crippen molar-refractivity contribution in [2.45, 2.75) is 0 Å². The van der Waals surface area contributed by atoms with Crippen LogP contribution in [0.15, 0.2) is 36.4 Å². The van der Waals surface area contributed by atoms with Crippen LogP contribution >= 0.6 is 34.8 Å². The van der Waals surface area contributed by atoms with Crippen molar-refractivity contribution < 1.29 is 9.18 Å². The summed E-state index contributed by atoms with van der Waals surface area (Å²) in [5.41, 5.74) is 0.417. The second-order valence-corrected chi connectivity index (χ2v) is 4.83. The molecule has 0 aliphatic carbocycles. The Labute approximate surface area is 118 Å². The van der Waals surface area contributed by atoms with E-state index in [1.54, 1.807) is 6.07 Å². The first-order valence-corrected chi connectivity index (χ1v) is 6.07. The van der Waals surface area contributed by atoms with Crippen LogP contribution in [0.1, 0.15) is 15.9 Å². The molecular weight excluding hydrogens is 297 g/mol. The Hall–Kier alpha value is -1.09. The van der Waals surface area contributed by atoms with Gasteiger partial charge in [-0.1, -0.05) is 34.8 Å². The van der Waals surface area contributed by atoms with Crippen molar-refractivity contribution in [1.82, 2.24) is 0 Å². The van der Waals surface area contributed by atoms with Gasteiger partial charge in [-0.05, 0) is 36.4 Å². The van der Waals surface area contributed by atoms with Crippen molar-refractivity contribution in [2.24, 2.45) is 0 Å². The van der Waals surface area contributed by atoms with E-state index >= 15 is 0 Å². The highest BCUT2D eigenvalue weighted by Gasteiger charge is 2.16. The summed E-state index contributed by atoms with van der Waals surface area (Å²) in [5, 5.41) is 0.696. The summed E-state index contributed by atoms with van der Waals surface area (Å²) < 4.78 is 12.9. The zero-order valence-corrected chi connectivity index (χ0v) is 11.2. The molecule has 0 amide bonds. The minimum absolute atomic E-state index is 0.0380. The number of hydrogen-bond donors (Lipinski definition) is 0. The third-order valence-electron chi connectivity index (χ3n) is 2.35. The van der Waals surface area contributed by atoms with E-state index in [0.29, 0.717) is 5.02 Å². The van der Waals surface area contributed by atoms with Gasteiger partial charge in [0, 0.05) is 16.1 Å². The Morgan fingerprint density at radius 1 is 0.889 bits per heavy atom. The standard InChI is InChI=1S/C13H6Cl3FO/c14-7-1-4-11(15)10(5-7)13(18)9-3-2-8(17)6-12(9)16/h1-6H. The molecular formula is C13H6Cl3FO. The number of halogens is 4. The average molecular weight is 304 g/mol. The molecule has 0 N–H and O–H groups in total. The fourth-order valence-electron chi connectivity index (χ4n) is 1.49. The molecule has 2 rings (SSSR count). The topological polar surface area (TPSA) is 17.1 Å². The van der Waals surface area contributed by atoms with E-state index in [2.05, 4.69) is 0 Å². The van der Waals surface area contributed by atoms with Gasteiger partial charge in [-0.3, -0.25) is 4.79 Å². The lowest BCUT2D eigenvalue weighted by atomic mass is 10.0. The molecule has 0 saturated heterocycles. The summed E-state index contributed by atoms with van der Waals surface area (Å²) in [5.74, 6) is -0.902. The van der Waals surface area contributed by atoms with E-state index in [9.17, 15) is 9.18 Å². The van der Waals surface area contributed by atoms with Crippen LogP contribution in [0.2, 0.25) is 15.1 Å². The molecule has 0 spiro atoms. The van der Waals surface area contributed by atoms with Crippen molar-refractivity contribution in [1.29, 1.82) is 0 Å². The van der Waals surface area contributed by atoms with E-state index in [-0.39, 0.29) is 21.2 Å². The van der Waals surface area contributed by atoms with E-state index in [0.717, 1.165) is 12.1 Å². The minimum atomic E-state index is -0.506. The Kier molecular flexibility index (Phi) is 3.91. The molecule has 0 saturated carbocycles. The van der Waals surface area contributed by atoms with Crippen molar-refractivity contribution in [3.8, 4) is 0 Å². The third-order valence-corrected chi connectivity index (χ3v) is 3.23. The molecule has 0 aromatic heterocycles. The van der Waals surface area contributed by atoms with Gasteiger partial charge in [0.25, 0.3) is 0 Å². The molecule has 0 unspecified atom stereocenters. The zero-order chi connectivity index (χ0) is 13.3. The van der Waals surface area contributed by atoms with Gasteiger partial charge < -0.3 is 0 Å². The van der Waals surface area contributed by atoms with Crippen LogP contribution in [0.5, 0.6) is 0 Å². The maximum atomic E-state index is 12.9. The van der Waals surface area contributed by atoms with Crippen LogP contribution < -0.4 is 0 Å². The lowest BCUT2D eigenvalue weighted by molar-refractivity contribution is 0.103. The second kappa shape index (κ2) is 5.27. The van der Waals surface area contributed by atoms with Gasteiger partial charge >= 0.3 is 0 Å². The normalized spacial score (nSPS) is 10.4. The highest BCUT2D eigenvalue weighted by atomic mass is 35.5. The second-order valence-electron chi connectivity index (χ2n) is 3.58. The molecule has 92 valence electrons. The molecule has 5 heteroatoms. The van der Waals surface area contributed by atoms with Crippen LogP contribution in [-0.2, 0) is 0 Å². The molecule has 0 radical (unpaired) electrons. The van der Waals surface area contributed by atoms with Gasteiger partial charge in [-0.2, -0.15) is 0 Å². The number of rotatable bonds is 2. The molecule has 0 heterocycles. The molecule has 0 fully saturated rings. The fraction of sp³-hybridized carbons (Fsp3) is 0. The van der Waals surface area contributed by atoms with E-state index in [1.165, 1.54) is 18.2 Å². The van der Waals surface area contributed by atoms with Crippen molar-refractivity contribution in [3.05, 3.63) is 68.4 Å². The number of carbonyl (C=O) groups is 1. The number of benzene rings is 2. The minimum Gasteiger partial charge on any atom is -0.288 e. The van der Waals surface area contributed by atoms with Crippen LogP contribution in [-0.4, -0.2) is 5.78 Å². The Bertz CT molecular complexity index is 626. The summed E-state index contributed by atoms with van der Waals surface area (Å²) in [6.45, 7) is 0. The quantitative estimate of drug-likeness (QED) is 0.712. The molecule has 0 aliphatic rings. The Morgan fingerprint density at radius 3 is 2.28 bits per heavy atom. The molecule has 0 atom stereocenters. The van der Waals surface area contributed by atoms with E-state index < -0.39 is 11.6 Å². The third kappa shape index (κ3) is 2.66. The molecule has 2 aromatic carbocycles. The number of ketones is 1. The van der Waals surface area contributed by atoms with Gasteiger partial charge in [0.15, 0.2) is 5.78 Å². The van der Waals surface area contributed by atoms with Gasteiger partial charge in [0.2, 0.25) is 0 Å². The van der Waals surface area contributed by atoms with Crippen LogP contribution in [0.25, 0.3) is 0 Å². The van der Waals surface area contributed by atoms with Gasteiger partial charge in [-0.25, -0.2) is 4.39 Å². The maximum Gasteiger partial charge on any atom is 0.196 e. The molecule has 18 heavy (non-hydrogen) atoms. The Balaban J connectivity index is 2.51. The van der Waals surface area contributed by atoms with E-state index in [4.69, 9.17) is 34.8 Å². The fourth-order valence-corrected chi connectivity index (χ4v) is 2.12. The summed E-state index contributed by atoms with van der Waals surface area (Å²) in [4.78, 5) is 12.2. The van der Waals surface area contributed by atoms with Crippen LogP contribution in [0.4, 0.5) is 4.39 Å². The Morgan fingerprint density at radius 2 is 1.61 bits per heavy atom. The predicted molar refractivity (Wildman–Crippen MR) is 71.3 cm³/mol. The predicted octanol–water partition coefficient (Wildman–Crippen LogP) is 5.02. The summed E-state index contributed by atoms with van der Waals surface area (Å²) in [7, 11) is 0. The zero-order valence-electron chi connectivity index (χ0n) is 8.88. The highest BCUT2D eigenvalue weighted by Crippen LogP contribution is 2.26. The summed E-state index contributed by atoms with van der Waals surface area (Å²) in [6.07, 6.45) is 0. The SMILES string of the molecule is O=C(c1ccc(F)cc1Cl)c1cc(Cl)ccc1Cl. The smallest absolute Gasteiger partial charge is 0.196 e. The highest BCUT2D eigenvalue weighted by molar-refractivity contribution is 6.39. The van der Waals surface area contributed by atoms with Crippen molar-refractivity contribution in [3.63, 3.8) is 0 Å². The number of carbonyl (C=O) groups excluding carboxylic acids is 1. The van der Waals surface area contributed by atoms with Crippen LogP contribution in [0.3, 0.4) is 0 Å². The monoisotopic (exact) mass is 302 g/mol. The first-order chi connectivity index (χ1) is 8.49. The summed E-state index contributed by atoms with van der Waals surface area (Å²) in [6, 6.07) is 8.11. The van der Waals surface area contributed by atoms with Gasteiger partial charge in [-0.15, -0.1) is 0 Å². The van der Waals surface area contributed by atoms with E-state index in [1.807, 2.05) is 0 Å². The summed E-state index contributed by atoms with van der Waals surface area (Å²) >= 11 is 17.6. The molecule has 1 nitrogen and oxygen atoms in total. The lowest BCUT2D eigenvalue weighted by Crippen LogP contribution is -2.03. The van der Waals surface area contributed by atoms with Crippen molar-refractivity contribution >= 4 is 40.6 Å². The maximum absolute atomic E-state index is 12.9. The van der Waals surface area contributed by atoms with Gasteiger partial charge in [0.1, 0.15) is 5.82 Å². The van der Waals surface area contributed by atoms with Gasteiger partial charge in [0.05, 0.1) is 10.0 Å². The number of hydrogen-bond acceptors (Lipinski definition) is 1. The largest absolute Gasteiger partial charge is 0.288 e. The first kappa shape index (κ1) is 13.3. The first-order valence-electron chi connectivity index (χ1n) is 4.94. The van der Waals surface area contributed by atoms with Crippen molar-refractivity contribution in [2.75, 3.05) is 0 Å².